The maximum absolute atomic E-state index is 13.6. The highest BCUT2D eigenvalue weighted by Crippen LogP contribution is 2.23. The minimum atomic E-state index is -1.62. The lowest BCUT2D eigenvalue weighted by Crippen LogP contribution is -2.10. The Labute approximate surface area is 114 Å². The molecule has 0 heterocycles. The molecule has 0 saturated carbocycles. The predicted octanol–water partition coefficient (Wildman–Crippen LogP) is 3.84. The molecule has 0 aliphatic carbocycles. The van der Waals surface area contributed by atoms with E-state index in [2.05, 4.69) is 5.32 Å². The molecule has 2 rings (SSSR count). The van der Waals surface area contributed by atoms with E-state index in [0.717, 1.165) is 17.7 Å². The van der Waals surface area contributed by atoms with Gasteiger partial charge in [-0.1, -0.05) is 30.3 Å². The van der Waals surface area contributed by atoms with Crippen LogP contribution in [0.5, 0.6) is 0 Å². The number of hydrogen-bond donors (Lipinski definition) is 2. The van der Waals surface area contributed by atoms with Crippen LogP contribution < -0.4 is 5.32 Å². The molecule has 0 saturated heterocycles. The van der Waals surface area contributed by atoms with Crippen LogP contribution in [0, 0.1) is 11.6 Å². The Morgan fingerprint density at radius 2 is 1.70 bits per heavy atom. The summed E-state index contributed by atoms with van der Waals surface area (Å²) in [5, 5.41) is 11.6. The second-order valence-corrected chi connectivity index (χ2v) is 4.40. The third-order valence-corrected chi connectivity index (χ3v) is 2.94. The molecule has 2 aromatic carbocycles. The smallest absolute Gasteiger partial charge is 0.341 e. The molecular weight excluding hydrogens is 264 g/mol. The Kier molecular flexibility index (Phi) is 3.98. The SMILES string of the molecule is C[C@H](Nc1cc(F)c(C(=O)O)c(F)c1)c1ccccc1. The van der Waals surface area contributed by atoms with Crippen molar-refractivity contribution in [1.82, 2.24) is 0 Å². The average molecular weight is 277 g/mol. The fourth-order valence-electron chi connectivity index (χ4n) is 1.94. The van der Waals surface area contributed by atoms with Crippen LogP contribution in [-0.4, -0.2) is 11.1 Å². The number of rotatable bonds is 4. The lowest BCUT2D eigenvalue weighted by Gasteiger charge is -2.16. The number of nitrogens with one attached hydrogen (secondary N) is 1. The molecule has 2 aromatic rings. The van der Waals surface area contributed by atoms with E-state index in [1.807, 2.05) is 37.3 Å². The zero-order valence-corrected chi connectivity index (χ0v) is 10.7. The fourth-order valence-corrected chi connectivity index (χ4v) is 1.94. The van der Waals surface area contributed by atoms with Gasteiger partial charge in [0.15, 0.2) is 0 Å². The highest BCUT2D eigenvalue weighted by Gasteiger charge is 2.18. The predicted molar refractivity (Wildman–Crippen MR) is 71.8 cm³/mol. The minimum Gasteiger partial charge on any atom is -0.477 e. The molecule has 0 aromatic heterocycles. The van der Waals surface area contributed by atoms with Crippen molar-refractivity contribution >= 4 is 11.7 Å². The number of anilines is 1. The minimum absolute atomic E-state index is 0.161. The van der Waals surface area contributed by atoms with E-state index in [-0.39, 0.29) is 11.7 Å². The van der Waals surface area contributed by atoms with Crippen molar-refractivity contribution in [2.24, 2.45) is 0 Å². The van der Waals surface area contributed by atoms with Crippen LogP contribution in [0.25, 0.3) is 0 Å². The standard InChI is InChI=1S/C15H13F2NO2/c1-9(10-5-3-2-4-6-10)18-11-7-12(16)14(15(19)20)13(17)8-11/h2-9,18H,1H3,(H,19,20)/t9-/m0/s1. The monoisotopic (exact) mass is 277 g/mol. The Morgan fingerprint density at radius 1 is 1.15 bits per heavy atom. The van der Waals surface area contributed by atoms with E-state index in [1.165, 1.54) is 0 Å². The van der Waals surface area contributed by atoms with Crippen LogP contribution in [0.4, 0.5) is 14.5 Å². The van der Waals surface area contributed by atoms with Gasteiger partial charge in [0.25, 0.3) is 0 Å². The van der Waals surface area contributed by atoms with Crippen LogP contribution in [0.3, 0.4) is 0 Å². The van der Waals surface area contributed by atoms with Crippen molar-refractivity contribution in [2.45, 2.75) is 13.0 Å². The summed E-state index contributed by atoms with van der Waals surface area (Å²) in [6.45, 7) is 1.84. The largest absolute Gasteiger partial charge is 0.477 e. The topological polar surface area (TPSA) is 49.3 Å². The molecule has 0 aliphatic rings. The highest BCUT2D eigenvalue weighted by molar-refractivity contribution is 5.88. The van der Waals surface area contributed by atoms with Gasteiger partial charge < -0.3 is 10.4 Å². The molecule has 5 heteroatoms. The summed E-state index contributed by atoms with van der Waals surface area (Å²) in [5.74, 6) is -3.82. The van der Waals surface area contributed by atoms with Crippen LogP contribution in [0.2, 0.25) is 0 Å². The quantitative estimate of drug-likeness (QED) is 0.892. The molecule has 0 amide bonds. The van der Waals surface area contributed by atoms with Crippen LogP contribution >= 0.6 is 0 Å². The van der Waals surface area contributed by atoms with Crippen molar-refractivity contribution in [3.63, 3.8) is 0 Å². The molecule has 0 unspecified atom stereocenters. The first-order chi connectivity index (χ1) is 9.49. The zero-order chi connectivity index (χ0) is 14.7. The normalized spacial score (nSPS) is 11.9. The lowest BCUT2D eigenvalue weighted by molar-refractivity contribution is 0.0686. The molecule has 0 bridgehead atoms. The molecule has 0 aliphatic heterocycles. The number of aromatic carboxylic acids is 1. The molecular formula is C15H13F2NO2. The molecule has 3 nitrogen and oxygen atoms in total. The summed E-state index contributed by atoms with van der Waals surface area (Å²) < 4.78 is 27.1. The van der Waals surface area contributed by atoms with Gasteiger partial charge in [-0.3, -0.25) is 0 Å². The summed E-state index contributed by atoms with van der Waals surface area (Å²) in [4.78, 5) is 10.7. The van der Waals surface area contributed by atoms with Gasteiger partial charge in [0.2, 0.25) is 0 Å². The Morgan fingerprint density at radius 3 is 2.20 bits per heavy atom. The van der Waals surface area contributed by atoms with Crippen molar-refractivity contribution < 1.29 is 18.7 Å². The second kappa shape index (κ2) is 5.69. The first kappa shape index (κ1) is 14.0. The number of carboxylic acid groups (broad SMARTS) is 1. The highest BCUT2D eigenvalue weighted by atomic mass is 19.1. The molecule has 0 fully saturated rings. The maximum atomic E-state index is 13.6. The Hall–Kier alpha value is -2.43. The molecule has 0 radical (unpaired) electrons. The van der Waals surface area contributed by atoms with E-state index in [4.69, 9.17) is 5.11 Å². The van der Waals surface area contributed by atoms with Crippen LogP contribution in [0.15, 0.2) is 42.5 Å². The van der Waals surface area contributed by atoms with Crippen molar-refractivity contribution in [2.75, 3.05) is 5.32 Å². The summed E-state index contributed by atoms with van der Waals surface area (Å²) >= 11 is 0. The van der Waals surface area contributed by atoms with E-state index in [1.54, 1.807) is 0 Å². The van der Waals surface area contributed by atoms with Gasteiger partial charge in [0, 0.05) is 11.7 Å². The molecule has 104 valence electrons. The first-order valence-electron chi connectivity index (χ1n) is 6.03. The summed E-state index contributed by atoms with van der Waals surface area (Å²) in [6.07, 6.45) is 0. The van der Waals surface area contributed by atoms with Crippen molar-refractivity contribution in [3.05, 3.63) is 65.2 Å². The summed E-state index contributed by atoms with van der Waals surface area (Å²) in [7, 11) is 0. The van der Waals surface area contributed by atoms with Gasteiger partial charge in [-0.05, 0) is 24.6 Å². The lowest BCUT2D eigenvalue weighted by atomic mass is 10.1. The Balaban J connectivity index is 2.25. The maximum Gasteiger partial charge on any atom is 0.341 e. The van der Waals surface area contributed by atoms with Gasteiger partial charge in [-0.25, -0.2) is 13.6 Å². The third kappa shape index (κ3) is 2.93. The molecule has 20 heavy (non-hydrogen) atoms. The van der Waals surface area contributed by atoms with Crippen molar-refractivity contribution in [3.8, 4) is 0 Å². The number of carbonyl (C=O) groups is 1. The van der Waals surface area contributed by atoms with Gasteiger partial charge >= 0.3 is 5.97 Å². The van der Waals surface area contributed by atoms with Gasteiger partial charge in [-0.15, -0.1) is 0 Å². The molecule has 1 atom stereocenters. The zero-order valence-electron chi connectivity index (χ0n) is 10.7. The van der Waals surface area contributed by atoms with E-state index in [9.17, 15) is 13.6 Å². The van der Waals surface area contributed by atoms with Crippen LogP contribution in [0.1, 0.15) is 28.9 Å². The number of benzene rings is 2. The Bertz CT molecular complexity index is 606. The first-order valence-corrected chi connectivity index (χ1v) is 6.03. The number of hydrogen-bond acceptors (Lipinski definition) is 2. The van der Waals surface area contributed by atoms with Gasteiger partial charge in [0.1, 0.15) is 17.2 Å². The van der Waals surface area contributed by atoms with Gasteiger partial charge in [-0.2, -0.15) is 0 Å². The summed E-state index contributed by atoms with van der Waals surface area (Å²) in [5.41, 5.74) is 0.208. The van der Waals surface area contributed by atoms with Crippen LogP contribution in [-0.2, 0) is 0 Å². The fraction of sp³-hybridized carbons (Fsp3) is 0.133. The molecule has 0 spiro atoms. The van der Waals surface area contributed by atoms with E-state index >= 15 is 0 Å². The number of halogens is 2. The van der Waals surface area contributed by atoms with E-state index in [0.29, 0.717) is 0 Å². The van der Waals surface area contributed by atoms with E-state index < -0.39 is 23.2 Å². The number of carboxylic acids is 1. The van der Waals surface area contributed by atoms with Gasteiger partial charge in [0.05, 0.1) is 0 Å². The summed E-state index contributed by atoms with van der Waals surface area (Å²) in [6, 6.07) is 11.2. The average Bonchev–Trinajstić information content (AvgIpc) is 2.38. The second-order valence-electron chi connectivity index (χ2n) is 4.40. The third-order valence-electron chi connectivity index (χ3n) is 2.94. The molecule has 2 N–H and O–H groups in total. The van der Waals surface area contributed by atoms with Crippen molar-refractivity contribution in [1.29, 1.82) is 0 Å².